The number of carboxylic acids is 1. The van der Waals surface area contributed by atoms with Gasteiger partial charge in [0, 0.05) is 11.1 Å². The Morgan fingerprint density at radius 2 is 1.62 bits per heavy atom. The number of hydrogen-bond acceptors (Lipinski definition) is 6. The molecule has 0 aliphatic carbocycles. The third-order valence-electron chi connectivity index (χ3n) is 3.76. The molecule has 0 radical (unpaired) electrons. The van der Waals surface area contributed by atoms with Crippen LogP contribution in [0.3, 0.4) is 0 Å². The van der Waals surface area contributed by atoms with E-state index in [9.17, 15) is 9.59 Å². The van der Waals surface area contributed by atoms with Crippen molar-refractivity contribution in [2.45, 2.75) is 26.3 Å². The summed E-state index contributed by atoms with van der Waals surface area (Å²) in [6.07, 6.45) is 0. The number of aliphatic carboxylic acids is 1. The molecule has 29 heavy (non-hydrogen) atoms. The third-order valence-corrected chi connectivity index (χ3v) is 3.76. The molecule has 8 nitrogen and oxygen atoms in total. The number of benzene rings is 2. The first-order valence-electron chi connectivity index (χ1n) is 9.04. The number of amides is 1. The monoisotopic (exact) mass is 394 g/mol. The number of carboxylic acid groups (broad SMARTS) is 1. The molecule has 0 fully saturated rings. The summed E-state index contributed by atoms with van der Waals surface area (Å²) in [5, 5.41) is 14.3. The third kappa shape index (κ3) is 5.41. The molecule has 0 saturated carbocycles. The Morgan fingerprint density at radius 1 is 1.00 bits per heavy atom. The van der Waals surface area contributed by atoms with E-state index in [-0.39, 0.29) is 5.54 Å². The van der Waals surface area contributed by atoms with Crippen molar-refractivity contribution in [1.82, 2.24) is 15.3 Å². The Kier molecular flexibility index (Phi) is 5.63. The summed E-state index contributed by atoms with van der Waals surface area (Å²) in [6.45, 7) is 5.60. The standard InChI is InChI=1S/C21H22N4O4/c1-21(2,3)25-18-20(24-16-7-5-4-6-15(16)23-18)29-14-10-8-13(9-11-14)19(28)22-12-17(26)27/h4-11H,12H2,1-3H3,(H,22,28)(H,23,25)(H,26,27). The van der Waals surface area contributed by atoms with E-state index >= 15 is 0 Å². The SMILES string of the molecule is CC(C)(C)Nc1nc2ccccc2nc1Oc1ccc(C(=O)NCC(=O)O)cc1. The molecule has 0 aliphatic rings. The molecule has 0 unspecified atom stereocenters. The fourth-order valence-electron chi connectivity index (χ4n) is 2.54. The Morgan fingerprint density at radius 3 is 2.21 bits per heavy atom. The van der Waals surface area contributed by atoms with Gasteiger partial charge < -0.3 is 20.5 Å². The van der Waals surface area contributed by atoms with Crippen LogP contribution in [0.5, 0.6) is 11.6 Å². The largest absolute Gasteiger partial charge is 0.480 e. The molecule has 3 rings (SSSR count). The average molecular weight is 394 g/mol. The van der Waals surface area contributed by atoms with E-state index in [2.05, 4.69) is 20.6 Å². The normalized spacial score (nSPS) is 11.1. The first-order chi connectivity index (χ1) is 13.7. The van der Waals surface area contributed by atoms with Crippen molar-refractivity contribution in [2.75, 3.05) is 11.9 Å². The van der Waals surface area contributed by atoms with Crippen molar-refractivity contribution in [2.24, 2.45) is 0 Å². The Bertz CT molecular complexity index is 1040. The topological polar surface area (TPSA) is 113 Å². The van der Waals surface area contributed by atoms with Crippen molar-refractivity contribution in [1.29, 1.82) is 0 Å². The summed E-state index contributed by atoms with van der Waals surface area (Å²) in [5.74, 6) is -0.269. The van der Waals surface area contributed by atoms with Gasteiger partial charge in [-0.3, -0.25) is 9.59 Å². The van der Waals surface area contributed by atoms with Crippen LogP contribution in [-0.4, -0.2) is 39.0 Å². The highest BCUT2D eigenvalue weighted by Gasteiger charge is 2.17. The van der Waals surface area contributed by atoms with Gasteiger partial charge in [0.05, 0.1) is 11.0 Å². The molecular weight excluding hydrogens is 372 g/mol. The minimum absolute atomic E-state index is 0.249. The highest BCUT2D eigenvalue weighted by molar-refractivity contribution is 5.95. The maximum Gasteiger partial charge on any atom is 0.322 e. The number of ether oxygens (including phenoxy) is 1. The fourth-order valence-corrected chi connectivity index (χ4v) is 2.54. The van der Waals surface area contributed by atoms with Crippen LogP contribution in [0.2, 0.25) is 0 Å². The van der Waals surface area contributed by atoms with Crippen molar-refractivity contribution in [3.63, 3.8) is 0 Å². The molecule has 0 atom stereocenters. The smallest absolute Gasteiger partial charge is 0.322 e. The van der Waals surface area contributed by atoms with Crippen LogP contribution in [0.15, 0.2) is 48.5 Å². The van der Waals surface area contributed by atoms with Gasteiger partial charge in [-0.05, 0) is 57.2 Å². The summed E-state index contributed by atoms with van der Waals surface area (Å²) < 4.78 is 5.93. The lowest BCUT2D eigenvalue weighted by atomic mass is 10.1. The van der Waals surface area contributed by atoms with Crippen molar-refractivity contribution >= 4 is 28.7 Å². The van der Waals surface area contributed by atoms with Gasteiger partial charge in [-0.25, -0.2) is 9.97 Å². The molecule has 0 saturated heterocycles. The molecule has 8 heteroatoms. The average Bonchev–Trinajstić information content (AvgIpc) is 2.66. The van der Waals surface area contributed by atoms with Crippen LogP contribution in [0, 0.1) is 0 Å². The molecule has 0 spiro atoms. The van der Waals surface area contributed by atoms with E-state index in [4.69, 9.17) is 9.84 Å². The quantitative estimate of drug-likeness (QED) is 0.587. The van der Waals surface area contributed by atoms with Gasteiger partial charge in [-0.1, -0.05) is 12.1 Å². The zero-order chi connectivity index (χ0) is 21.0. The molecule has 1 aromatic heterocycles. The van der Waals surface area contributed by atoms with Gasteiger partial charge in [0.2, 0.25) is 0 Å². The predicted molar refractivity (Wildman–Crippen MR) is 109 cm³/mol. The summed E-state index contributed by atoms with van der Waals surface area (Å²) in [5.41, 5.74) is 1.53. The number of rotatable bonds is 6. The zero-order valence-corrected chi connectivity index (χ0v) is 16.4. The number of aromatic nitrogens is 2. The zero-order valence-electron chi connectivity index (χ0n) is 16.4. The second-order valence-corrected chi connectivity index (χ2v) is 7.44. The van der Waals surface area contributed by atoms with E-state index in [1.54, 1.807) is 24.3 Å². The summed E-state index contributed by atoms with van der Waals surface area (Å²) >= 11 is 0. The van der Waals surface area contributed by atoms with Crippen molar-refractivity contribution in [3.8, 4) is 11.6 Å². The number of nitrogens with one attached hydrogen (secondary N) is 2. The van der Waals surface area contributed by atoms with E-state index in [1.807, 2.05) is 45.0 Å². The van der Waals surface area contributed by atoms with Crippen LogP contribution in [0.1, 0.15) is 31.1 Å². The van der Waals surface area contributed by atoms with Gasteiger partial charge in [0.1, 0.15) is 12.3 Å². The maximum absolute atomic E-state index is 11.9. The highest BCUT2D eigenvalue weighted by Crippen LogP contribution is 2.30. The fraction of sp³-hybridized carbons (Fsp3) is 0.238. The Balaban J connectivity index is 1.85. The van der Waals surface area contributed by atoms with Crippen LogP contribution in [0.4, 0.5) is 5.82 Å². The Hall–Kier alpha value is -3.68. The molecule has 2 aromatic carbocycles. The minimum Gasteiger partial charge on any atom is -0.480 e. The lowest BCUT2D eigenvalue weighted by Crippen LogP contribution is -2.29. The van der Waals surface area contributed by atoms with E-state index in [0.717, 1.165) is 5.52 Å². The van der Waals surface area contributed by atoms with E-state index in [1.165, 1.54) is 0 Å². The van der Waals surface area contributed by atoms with Gasteiger partial charge in [-0.2, -0.15) is 0 Å². The van der Waals surface area contributed by atoms with Crippen molar-refractivity contribution in [3.05, 3.63) is 54.1 Å². The van der Waals surface area contributed by atoms with E-state index < -0.39 is 18.4 Å². The lowest BCUT2D eigenvalue weighted by molar-refractivity contribution is -0.135. The van der Waals surface area contributed by atoms with Crippen LogP contribution in [0.25, 0.3) is 11.0 Å². The van der Waals surface area contributed by atoms with Gasteiger partial charge in [0.15, 0.2) is 5.82 Å². The molecule has 0 aliphatic heterocycles. The molecule has 1 amide bonds. The number of carbonyl (C=O) groups excluding carboxylic acids is 1. The van der Waals surface area contributed by atoms with Crippen molar-refractivity contribution < 1.29 is 19.4 Å². The minimum atomic E-state index is -1.10. The molecule has 150 valence electrons. The van der Waals surface area contributed by atoms with Gasteiger partial charge >= 0.3 is 5.97 Å². The first-order valence-corrected chi connectivity index (χ1v) is 9.04. The summed E-state index contributed by atoms with van der Waals surface area (Å²) in [7, 11) is 0. The number of fused-ring (bicyclic) bond motifs is 1. The van der Waals surface area contributed by atoms with Gasteiger partial charge in [-0.15, -0.1) is 0 Å². The Labute approximate surface area is 167 Å². The maximum atomic E-state index is 11.9. The second kappa shape index (κ2) is 8.14. The predicted octanol–water partition coefficient (Wildman–Crippen LogP) is 3.45. The molecule has 3 aromatic rings. The summed E-state index contributed by atoms with van der Waals surface area (Å²) in [6, 6.07) is 13.8. The lowest BCUT2D eigenvalue weighted by Gasteiger charge is -2.22. The number of carbonyl (C=O) groups is 2. The molecular formula is C21H22N4O4. The van der Waals surface area contributed by atoms with Crippen LogP contribution >= 0.6 is 0 Å². The number of hydrogen-bond donors (Lipinski definition) is 3. The van der Waals surface area contributed by atoms with Gasteiger partial charge in [0.25, 0.3) is 11.8 Å². The van der Waals surface area contributed by atoms with Crippen LogP contribution < -0.4 is 15.4 Å². The van der Waals surface area contributed by atoms with Crippen LogP contribution in [-0.2, 0) is 4.79 Å². The second-order valence-electron chi connectivity index (χ2n) is 7.44. The molecule has 3 N–H and O–H groups in total. The number of nitrogens with zero attached hydrogens (tertiary/aromatic N) is 2. The first kappa shape index (κ1) is 20.1. The van der Waals surface area contributed by atoms with E-state index in [0.29, 0.717) is 28.5 Å². The number of para-hydroxylation sites is 2. The number of anilines is 1. The molecule has 0 bridgehead atoms. The molecule has 1 heterocycles. The highest BCUT2D eigenvalue weighted by atomic mass is 16.5. The summed E-state index contributed by atoms with van der Waals surface area (Å²) in [4.78, 5) is 31.7.